The van der Waals surface area contributed by atoms with Crippen LogP contribution in [0.2, 0.25) is 0 Å². The first-order valence-corrected chi connectivity index (χ1v) is 5.60. The maximum absolute atomic E-state index is 12.9. The van der Waals surface area contributed by atoms with Crippen LogP contribution in [0.3, 0.4) is 0 Å². The number of aryl methyl sites for hydroxylation is 1. The van der Waals surface area contributed by atoms with E-state index in [4.69, 9.17) is 0 Å². The van der Waals surface area contributed by atoms with Crippen LogP contribution in [0.1, 0.15) is 42.4 Å². The van der Waals surface area contributed by atoms with Crippen LogP contribution in [-0.2, 0) is 10.2 Å². The number of carboxylic acids is 1. The van der Waals surface area contributed by atoms with E-state index in [9.17, 15) is 18.7 Å². The molecule has 1 N–H and O–H groups in total. The van der Waals surface area contributed by atoms with Crippen LogP contribution in [0, 0.1) is 6.92 Å². The summed E-state index contributed by atoms with van der Waals surface area (Å²) in [5.41, 5.74) is -0.112. The van der Waals surface area contributed by atoms with E-state index in [1.807, 2.05) is 0 Å². The van der Waals surface area contributed by atoms with Gasteiger partial charge >= 0.3 is 5.97 Å². The molecule has 1 aliphatic rings. The molecular formula is C13H14F2O2. The Kier molecular flexibility index (Phi) is 2.89. The zero-order valence-corrected chi connectivity index (χ0v) is 9.54. The number of halogens is 2. The number of hydrogen-bond acceptors (Lipinski definition) is 1. The van der Waals surface area contributed by atoms with Gasteiger partial charge < -0.3 is 5.11 Å². The Morgan fingerprint density at radius 3 is 2.47 bits per heavy atom. The normalized spacial score (nSPS) is 17.9. The molecule has 92 valence electrons. The van der Waals surface area contributed by atoms with Crippen LogP contribution in [-0.4, -0.2) is 11.1 Å². The Morgan fingerprint density at radius 2 is 2.06 bits per heavy atom. The van der Waals surface area contributed by atoms with Crippen molar-refractivity contribution in [3.8, 4) is 0 Å². The average Bonchev–Trinajstić information content (AvgIpc) is 2.14. The summed E-state index contributed by atoms with van der Waals surface area (Å²) in [6, 6.07) is 4.53. The number of carbonyl (C=O) groups is 1. The van der Waals surface area contributed by atoms with Gasteiger partial charge in [-0.3, -0.25) is 4.79 Å². The van der Waals surface area contributed by atoms with Gasteiger partial charge in [0.2, 0.25) is 0 Å². The maximum atomic E-state index is 12.9. The summed E-state index contributed by atoms with van der Waals surface area (Å²) in [5.74, 6) is -0.990. The molecule has 0 spiro atoms. The summed E-state index contributed by atoms with van der Waals surface area (Å²) in [7, 11) is 0. The van der Waals surface area contributed by atoms with Gasteiger partial charge in [0.1, 0.15) is 0 Å². The molecule has 1 aromatic carbocycles. The summed E-state index contributed by atoms with van der Waals surface area (Å²) in [4.78, 5) is 11.3. The lowest BCUT2D eigenvalue weighted by atomic mass is 9.63. The second kappa shape index (κ2) is 4.09. The number of carboxylic acid groups (broad SMARTS) is 1. The zero-order valence-electron chi connectivity index (χ0n) is 9.54. The van der Waals surface area contributed by atoms with Gasteiger partial charge in [-0.25, -0.2) is 8.78 Å². The third-order valence-electron chi connectivity index (χ3n) is 3.58. The zero-order chi connectivity index (χ0) is 12.6. The van der Waals surface area contributed by atoms with Crippen molar-refractivity contribution < 1.29 is 18.7 Å². The molecule has 0 aromatic heterocycles. The predicted octanol–water partition coefficient (Wildman–Crippen LogP) is 3.44. The number of aliphatic carboxylic acids is 1. The monoisotopic (exact) mass is 240 g/mol. The van der Waals surface area contributed by atoms with Crippen molar-refractivity contribution in [1.29, 1.82) is 0 Å². The summed E-state index contributed by atoms with van der Waals surface area (Å²) < 4.78 is 25.8. The Hall–Kier alpha value is -1.45. The number of benzene rings is 1. The highest BCUT2D eigenvalue weighted by Gasteiger charge is 2.47. The van der Waals surface area contributed by atoms with Crippen molar-refractivity contribution in [2.24, 2.45) is 0 Å². The molecule has 17 heavy (non-hydrogen) atoms. The molecule has 2 rings (SSSR count). The lowest BCUT2D eigenvalue weighted by Gasteiger charge is -2.39. The van der Waals surface area contributed by atoms with Crippen molar-refractivity contribution in [3.05, 3.63) is 34.9 Å². The fourth-order valence-electron chi connectivity index (χ4n) is 2.40. The lowest BCUT2D eigenvalue weighted by Crippen LogP contribution is -2.43. The van der Waals surface area contributed by atoms with E-state index in [1.54, 1.807) is 19.1 Å². The molecular weight excluding hydrogens is 226 g/mol. The summed E-state index contributed by atoms with van der Waals surface area (Å²) in [6.07, 6.45) is -0.942. The molecule has 1 aliphatic carbocycles. The molecule has 0 heterocycles. The van der Waals surface area contributed by atoms with Gasteiger partial charge in [0.05, 0.1) is 5.41 Å². The second-order valence-electron chi connectivity index (χ2n) is 4.63. The third kappa shape index (κ3) is 1.81. The number of rotatable bonds is 3. The molecule has 1 fully saturated rings. The van der Waals surface area contributed by atoms with E-state index in [0.29, 0.717) is 18.4 Å². The van der Waals surface area contributed by atoms with Crippen molar-refractivity contribution >= 4 is 5.97 Å². The Balaban J connectivity index is 2.56. The fraction of sp³-hybridized carbons (Fsp3) is 0.462. The summed E-state index contributed by atoms with van der Waals surface area (Å²) in [5, 5.41) is 9.29. The van der Waals surface area contributed by atoms with Gasteiger partial charge in [0, 0.05) is 5.56 Å². The topological polar surface area (TPSA) is 37.3 Å². The van der Waals surface area contributed by atoms with Gasteiger partial charge in [0.25, 0.3) is 6.43 Å². The van der Waals surface area contributed by atoms with Crippen LogP contribution in [0.5, 0.6) is 0 Å². The predicted molar refractivity (Wildman–Crippen MR) is 59.3 cm³/mol. The van der Waals surface area contributed by atoms with Gasteiger partial charge in [-0.1, -0.05) is 30.2 Å². The molecule has 0 radical (unpaired) electrons. The van der Waals surface area contributed by atoms with Crippen LogP contribution in [0.4, 0.5) is 8.78 Å². The third-order valence-corrected chi connectivity index (χ3v) is 3.58. The molecule has 1 aromatic rings. The van der Waals surface area contributed by atoms with Crippen molar-refractivity contribution in [2.75, 3.05) is 0 Å². The minimum atomic E-state index is -2.62. The second-order valence-corrected chi connectivity index (χ2v) is 4.63. The quantitative estimate of drug-likeness (QED) is 0.878. The number of hydrogen-bond donors (Lipinski definition) is 1. The first kappa shape index (κ1) is 12.0. The van der Waals surface area contributed by atoms with E-state index < -0.39 is 17.8 Å². The molecule has 0 atom stereocenters. The highest BCUT2D eigenvalue weighted by Crippen LogP contribution is 2.47. The molecule has 0 unspecified atom stereocenters. The molecule has 0 saturated heterocycles. The highest BCUT2D eigenvalue weighted by molar-refractivity contribution is 5.83. The Labute approximate surface area is 98.3 Å². The van der Waals surface area contributed by atoms with Gasteiger partial charge in [-0.15, -0.1) is 0 Å². The van der Waals surface area contributed by atoms with Crippen LogP contribution < -0.4 is 0 Å². The minimum absolute atomic E-state index is 0.141. The summed E-state index contributed by atoms with van der Waals surface area (Å²) in [6.45, 7) is 1.78. The van der Waals surface area contributed by atoms with Crippen LogP contribution >= 0.6 is 0 Å². The molecule has 0 bridgehead atoms. The maximum Gasteiger partial charge on any atom is 0.314 e. The van der Waals surface area contributed by atoms with Crippen molar-refractivity contribution in [3.63, 3.8) is 0 Å². The van der Waals surface area contributed by atoms with E-state index in [1.165, 1.54) is 6.07 Å². The molecule has 4 heteroatoms. The van der Waals surface area contributed by atoms with Crippen molar-refractivity contribution in [1.82, 2.24) is 0 Å². The SMILES string of the molecule is Cc1ccc(C(F)F)c(C2(C(=O)O)CCC2)c1. The van der Waals surface area contributed by atoms with Gasteiger partial charge in [0.15, 0.2) is 0 Å². The van der Waals surface area contributed by atoms with Gasteiger partial charge in [-0.2, -0.15) is 0 Å². The van der Waals surface area contributed by atoms with Crippen LogP contribution in [0.15, 0.2) is 18.2 Å². The average molecular weight is 240 g/mol. The largest absolute Gasteiger partial charge is 0.481 e. The van der Waals surface area contributed by atoms with Crippen LogP contribution in [0.25, 0.3) is 0 Å². The molecule has 2 nitrogen and oxygen atoms in total. The van der Waals surface area contributed by atoms with E-state index >= 15 is 0 Å². The Bertz CT molecular complexity index is 451. The summed E-state index contributed by atoms with van der Waals surface area (Å²) >= 11 is 0. The van der Waals surface area contributed by atoms with E-state index in [-0.39, 0.29) is 5.56 Å². The smallest absolute Gasteiger partial charge is 0.314 e. The lowest BCUT2D eigenvalue weighted by molar-refractivity contribution is -0.147. The minimum Gasteiger partial charge on any atom is -0.481 e. The first-order valence-electron chi connectivity index (χ1n) is 5.60. The van der Waals surface area contributed by atoms with E-state index in [2.05, 4.69) is 0 Å². The standard InChI is InChI=1S/C13H14F2O2/c1-8-3-4-9(11(14)15)10(7-8)13(12(16)17)5-2-6-13/h3-4,7,11H,2,5-6H2,1H3,(H,16,17). The molecule has 0 amide bonds. The van der Waals surface area contributed by atoms with Crippen molar-refractivity contribution in [2.45, 2.75) is 38.0 Å². The fourth-order valence-corrected chi connectivity index (χ4v) is 2.40. The first-order chi connectivity index (χ1) is 7.97. The number of alkyl halides is 2. The van der Waals surface area contributed by atoms with E-state index in [0.717, 1.165) is 12.0 Å². The molecule has 1 saturated carbocycles. The molecule has 0 aliphatic heterocycles. The highest BCUT2D eigenvalue weighted by atomic mass is 19.3. The van der Waals surface area contributed by atoms with Gasteiger partial charge in [-0.05, 0) is 25.3 Å². The Morgan fingerprint density at radius 1 is 1.41 bits per heavy atom.